The fraction of sp³-hybridized carbons (Fsp3) is 0.579. The van der Waals surface area contributed by atoms with Crippen LogP contribution in [-0.2, 0) is 13.0 Å². The van der Waals surface area contributed by atoms with E-state index < -0.39 is 0 Å². The minimum Gasteiger partial charge on any atom is -0.336 e. The minimum atomic E-state index is -0.00441. The van der Waals surface area contributed by atoms with Crippen LogP contribution in [0.15, 0.2) is 12.3 Å². The van der Waals surface area contributed by atoms with Gasteiger partial charge in [0.1, 0.15) is 11.5 Å². The van der Waals surface area contributed by atoms with Gasteiger partial charge < -0.3 is 9.80 Å². The number of likely N-dealkylation sites (tertiary alicyclic amines) is 1. The fourth-order valence-electron chi connectivity index (χ4n) is 3.73. The zero-order valence-electron chi connectivity index (χ0n) is 15.7. The van der Waals surface area contributed by atoms with Gasteiger partial charge in [-0.25, -0.2) is 9.97 Å². The van der Waals surface area contributed by atoms with Gasteiger partial charge >= 0.3 is 0 Å². The molecule has 2 aliphatic rings. The summed E-state index contributed by atoms with van der Waals surface area (Å²) in [5.41, 5.74) is 3.90. The smallest absolute Gasteiger partial charge is 0.274 e. The summed E-state index contributed by atoms with van der Waals surface area (Å²) in [5.74, 6) is 1.43. The minimum absolute atomic E-state index is 0.00441. The Morgan fingerprint density at radius 1 is 1.35 bits per heavy atom. The summed E-state index contributed by atoms with van der Waals surface area (Å²) in [6, 6.07) is 1.87. The molecule has 1 atom stereocenters. The van der Waals surface area contributed by atoms with Gasteiger partial charge in [-0.2, -0.15) is 5.10 Å². The molecule has 7 nitrogen and oxygen atoms in total. The second-order valence-corrected chi connectivity index (χ2v) is 7.79. The van der Waals surface area contributed by atoms with Crippen molar-refractivity contribution in [2.75, 3.05) is 26.7 Å². The summed E-state index contributed by atoms with van der Waals surface area (Å²) >= 11 is 0. The first kappa shape index (κ1) is 17.1. The van der Waals surface area contributed by atoms with E-state index in [2.05, 4.69) is 41.0 Å². The van der Waals surface area contributed by atoms with Crippen LogP contribution in [0.25, 0.3) is 0 Å². The Morgan fingerprint density at radius 2 is 2.19 bits per heavy atom. The molecule has 1 N–H and O–H groups in total. The predicted molar refractivity (Wildman–Crippen MR) is 98.0 cm³/mol. The molecule has 0 aromatic carbocycles. The second kappa shape index (κ2) is 6.79. The number of carbonyl (C=O) groups is 1. The van der Waals surface area contributed by atoms with Crippen LogP contribution in [0.1, 0.15) is 65.4 Å². The maximum atomic E-state index is 12.7. The highest BCUT2D eigenvalue weighted by Crippen LogP contribution is 2.27. The highest BCUT2D eigenvalue weighted by Gasteiger charge is 2.31. The molecule has 2 aliphatic heterocycles. The van der Waals surface area contributed by atoms with Crippen LogP contribution in [-0.4, -0.2) is 62.6 Å². The lowest BCUT2D eigenvalue weighted by Gasteiger charge is -2.24. The Labute approximate surface area is 153 Å². The Balaban J connectivity index is 1.45. The molecule has 26 heavy (non-hydrogen) atoms. The molecule has 0 radical (unpaired) electrons. The molecule has 1 fully saturated rings. The van der Waals surface area contributed by atoms with Crippen molar-refractivity contribution in [3.63, 3.8) is 0 Å². The molecule has 4 heterocycles. The Bertz CT molecular complexity index is 814. The van der Waals surface area contributed by atoms with Crippen molar-refractivity contribution >= 4 is 5.91 Å². The van der Waals surface area contributed by atoms with E-state index in [-0.39, 0.29) is 11.8 Å². The molecule has 0 aliphatic carbocycles. The number of H-pyrrole nitrogens is 1. The van der Waals surface area contributed by atoms with E-state index in [0.29, 0.717) is 18.2 Å². The molecule has 2 aromatic heterocycles. The van der Waals surface area contributed by atoms with Crippen molar-refractivity contribution in [3.8, 4) is 0 Å². The number of nitrogens with one attached hydrogen (secondary N) is 1. The number of fused-ring (bicyclic) bond motifs is 1. The number of carbonyl (C=O) groups excluding carboxylic acids is 1. The monoisotopic (exact) mass is 354 g/mol. The Hall–Kier alpha value is -2.28. The molecular weight excluding hydrogens is 328 g/mol. The first-order valence-electron chi connectivity index (χ1n) is 9.39. The van der Waals surface area contributed by atoms with Gasteiger partial charge in [-0.1, -0.05) is 13.8 Å². The van der Waals surface area contributed by atoms with Gasteiger partial charge in [-0.05, 0) is 25.5 Å². The van der Waals surface area contributed by atoms with Crippen LogP contribution < -0.4 is 0 Å². The van der Waals surface area contributed by atoms with Gasteiger partial charge in [0.15, 0.2) is 0 Å². The number of hydrogen-bond acceptors (Lipinski definition) is 5. The summed E-state index contributed by atoms with van der Waals surface area (Å²) in [5, 5.41) is 7.16. The molecule has 1 unspecified atom stereocenters. The maximum Gasteiger partial charge on any atom is 0.274 e. The van der Waals surface area contributed by atoms with E-state index in [0.717, 1.165) is 44.0 Å². The molecule has 0 spiro atoms. The topological polar surface area (TPSA) is 78.0 Å². The third-order valence-electron chi connectivity index (χ3n) is 5.42. The van der Waals surface area contributed by atoms with Crippen molar-refractivity contribution in [1.29, 1.82) is 0 Å². The standard InChI is InChI=1S/C19H26N6O/c1-12(2)16-8-17(23-22-16)19(26)25-7-4-13(11-25)18-20-9-14-10-24(3)6-5-15(14)21-18/h8-9,12-13H,4-7,10-11H2,1-3H3,(H,22,23). The van der Waals surface area contributed by atoms with Gasteiger partial charge in [-0.15, -0.1) is 0 Å². The number of likely N-dealkylation sites (N-methyl/N-ethyl adjacent to an activating group) is 1. The maximum absolute atomic E-state index is 12.7. The lowest BCUT2D eigenvalue weighted by atomic mass is 10.1. The first-order valence-corrected chi connectivity index (χ1v) is 9.39. The van der Waals surface area contributed by atoms with Crippen molar-refractivity contribution in [2.45, 2.75) is 45.1 Å². The van der Waals surface area contributed by atoms with Crippen molar-refractivity contribution in [2.24, 2.45) is 0 Å². The molecular formula is C19H26N6O. The van der Waals surface area contributed by atoms with E-state index in [1.807, 2.05) is 17.2 Å². The number of aromatic amines is 1. The Morgan fingerprint density at radius 3 is 2.96 bits per heavy atom. The van der Waals surface area contributed by atoms with Crippen LogP contribution >= 0.6 is 0 Å². The van der Waals surface area contributed by atoms with Gasteiger partial charge in [0.05, 0.1) is 0 Å². The van der Waals surface area contributed by atoms with Crippen LogP contribution in [0.3, 0.4) is 0 Å². The van der Waals surface area contributed by atoms with Gasteiger partial charge in [0.2, 0.25) is 0 Å². The molecule has 0 bridgehead atoms. The zero-order chi connectivity index (χ0) is 18.3. The van der Waals surface area contributed by atoms with Crippen molar-refractivity contribution in [3.05, 3.63) is 40.7 Å². The molecule has 138 valence electrons. The van der Waals surface area contributed by atoms with Gasteiger partial charge in [0, 0.05) is 61.7 Å². The van der Waals surface area contributed by atoms with Crippen molar-refractivity contribution < 1.29 is 4.79 Å². The van der Waals surface area contributed by atoms with E-state index in [9.17, 15) is 4.79 Å². The highest BCUT2D eigenvalue weighted by molar-refractivity contribution is 5.92. The van der Waals surface area contributed by atoms with E-state index >= 15 is 0 Å². The van der Waals surface area contributed by atoms with E-state index in [1.54, 1.807) is 0 Å². The normalized spacial score (nSPS) is 20.6. The number of nitrogens with zero attached hydrogens (tertiary/aromatic N) is 5. The molecule has 1 amide bonds. The molecule has 7 heteroatoms. The molecule has 2 aromatic rings. The SMILES string of the molecule is CC(C)c1cc(C(=O)N2CCC(c3ncc4c(n3)CCN(C)C4)C2)n[nH]1. The van der Waals surface area contributed by atoms with Crippen LogP contribution in [0, 0.1) is 0 Å². The molecule has 0 saturated carbocycles. The van der Waals surface area contributed by atoms with Gasteiger partial charge in [0.25, 0.3) is 5.91 Å². The van der Waals surface area contributed by atoms with Crippen LogP contribution in [0.2, 0.25) is 0 Å². The Kier molecular flexibility index (Phi) is 4.48. The summed E-state index contributed by atoms with van der Waals surface area (Å²) in [4.78, 5) is 26.3. The van der Waals surface area contributed by atoms with E-state index in [1.165, 1.54) is 11.3 Å². The summed E-state index contributed by atoms with van der Waals surface area (Å²) < 4.78 is 0. The lowest BCUT2D eigenvalue weighted by Crippen LogP contribution is -2.29. The number of amides is 1. The number of hydrogen-bond donors (Lipinski definition) is 1. The average molecular weight is 354 g/mol. The molecule has 4 rings (SSSR count). The number of rotatable bonds is 3. The average Bonchev–Trinajstić information content (AvgIpc) is 3.30. The second-order valence-electron chi connectivity index (χ2n) is 7.79. The third kappa shape index (κ3) is 3.23. The zero-order valence-corrected chi connectivity index (χ0v) is 15.7. The third-order valence-corrected chi connectivity index (χ3v) is 5.42. The molecule has 1 saturated heterocycles. The van der Waals surface area contributed by atoms with Crippen LogP contribution in [0.5, 0.6) is 0 Å². The van der Waals surface area contributed by atoms with Crippen LogP contribution in [0.4, 0.5) is 0 Å². The van der Waals surface area contributed by atoms with Crippen molar-refractivity contribution in [1.82, 2.24) is 30.0 Å². The largest absolute Gasteiger partial charge is 0.336 e. The predicted octanol–water partition coefficient (Wildman–Crippen LogP) is 1.94. The van der Waals surface area contributed by atoms with Gasteiger partial charge in [-0.3, -0.25) is 9.89 Å². The van der Waals surface area contributed by atoms with E-state index in [4.69, 9.17) is 4.98 Å². The summed E-state index contributed by atoms with van der Waals surface area (Å²) in [7, 11) is 2.12. The summed E-state index contributed by atoms with van der Waals surface area (Å²) in [6.07, 6.45) is 3.86. The highest BCUT2D eigenvalue weighted by atomic mass is 16.2. The fourth-order valence-corrected chi connectivity index (χ4v) is 3.73. The first-order chi connectivity index (χ1) is 12.5. The quantitative estimate of drug-likeness (QED) is 0.911. The number of aromatic nitrogens is 4. The lowest BCUT2D eigenvalue weighted by molar-refractivity contribution is 0.0784. The summed E-state index contributed by atoms with van der Waals surface area (Å²) in [6.45, 7) is 7.52.